The summed E-state index contributed by atoms with van der Waals surface area (Å²) >= 11 is 14.8. The van der Waals surface area contributed by atoms with Gasteiger partial charge in [-0.1, -0.05) is 167 Å². The molecule has 0 aliphatic heterocycles. The fourth-order valence-electron chi connectivity index (χ4n) is 8.27. The molecule has 0 N–H and O–H groups in total. The molecule has 0 fully saturated rings. The third kappa shape index (κ3) is 3.69. The van der Waals surface area contributed by atoms with Gasteiger partial charge in [0.15, 0.2) is 0 Å². The minimum atomic E-state index is -2.91. The summed E-state index contributed by atoms with van der Waals surface area (Å²) in [7, 11) is -2.91. The molecule has 0 heterocycles. The molecule has 2 unspecified atom stereocenters. The van der Waals surface area contributed by atoms with Gasteiger partial charge in [-0.05, 0) is 68.8 Å². The Morgan fingerprint density at radius 3 is 1.23 bits per heavy atom. The van der Waals surface area contributed by atoms with Crippen molar-refractivity contribution in [3.63, 3.8) is 0 Å². The molecular weight excluding hydrogens is 579 g/mol. The van der Waals surface area contributed by atoms with E-state index in [4.69, 9.17) is 23.2 Å². The summed E-state index contributed by atoms with van der Waals surface area (Å²) in [5.41, 5.74) is 7.75. The van der Waals surface area contributed by atoms with Crippen LogP contribution in [-0.2, 0) is 0 Å². The first-order chi connectivity index (χ1) is 21.0. The van der Waals surface area contributed by atoms with Crippen molar-refractivity contribution in [2.75, 3.05) is 0 Å². The quantitative estimate of drug-likeness (QED) is 0.175. The van der Waals surface area contributed by atoms with Crippen LogP contribution >= 0.6 is 23.2 Å². The summed E-state index contributed by atoms with van der Waals surface area (Å²) in [6, 6.07) is 49.1. The zero-order valence-corrected chi connectivity index (χ0v) is 26.6. The molecule has 0 bridgehead atoms. The van der Waals surface area contributed by atoms with Crippen LogP contribution in [0, 0.1) is 0 Å². The van der Waals surface area contributed by atoms with E-state index in [1.54, 1.807) is 0 Å². The number of benzene rings is 6. The third-order valence-corrected chi connectivity index (χ3v) is 16.8. The topological polar surface area (TPSA) is 0 Å². The minimum absolute atomic E-state index is 0.0974. The summed E-state index contributed by atoms with van der Waals surface area (Å²) < 4.78 is 0. The normalized spacial score (nSPS) is 18.0. The van der Waals surface area contributed by atoms with Crippen molar-refractivity contribution in [2.24, 2.45) is 0 Å². The van der Waals surface area contributed by atoms with Gasteiger partial charge in [-0.15, -0.1) is 0 Å². The van der Waals surface area contributed by atoms with Gasteiger partial charge in [0.1, 0.15) is 8.07 Å². The van der Waals surface area contributed by atoms with Crippen molar-refractivity contribution in [3.05, 3.63) is 167 Å². The zero-order chi connectivity index (χ0) is 29.3. The van der Waals surface area contributed by atoms with E-state index in [0.29, 0.717) is 0 Å². The molecule has 0 saturated carbocycles. The van der Waals surface area contributed by atoms with Crippen LogP contribution in [-0.4, -0.2) is 8.07 Å². The lowest BCUT2D eigenvalue weighted by atomic mass is 9.99. The Balaban J connectivity index is 1.59. The summed E-state index contributed by atoms with van der Waals surface area (Å²) in [5, 5.41) is 9.63. The third-order valence-electron chi connectivity index (χ3n) is 9.96. The van der Waals surface area contributed by atoms with Crippen molar-refractivity contribution in [1.82, 2.24) is 0 Å². The highest BCUT2D eigenvalue weighted by atomic mass is 35.5. The van der Waals surface area contributed by atoms with Gasteiger partial charge in [0.25, 0.3) is 0 Å². The first-order valence-corrected chi connectivity index (χ1v) is 17.8. The van der Waals surface area contributed by atoms with E-state index in [9.17, 15) is 0 Å². The standard InChI is InChI=1S/C40H30Cl2Si/c1-25-37(41)33-23-21-27-13-9-11-19-31(27)35(33)39(25)43(29-15-5-3-6-16-29,30-17-7-4-8-18-30)40-26(2)38(42)34-24-22-28-14-10-12-20-32(28)36(34)40/h3-24,39-40H,1-2H3. The van der Waals surface area contributed by atoms with Crippen molar-refractivity contribution in [1.29, 1.82) is 0 Å². The molecule has 0 amide bonds. The molecule has 8 rings (SSSR count). The molecule has 43 heavy (non-hydrogen) atoms. The van der Waals surface area contributed by atoms with Gasteiger partial charge in [0.05, 0.1) is 0 Å². The number of hydrogen-bond donors (Lipinski definition) is 0. The Hall–Kier alpha value is -3.88. The lowest BCUT2D eigenvalue weighted by Crippen LogP contribution is -2.67. The molecule has 2 atom stereocenters. The first kappa shape index (κ1) is 26.7. The molecule has 0 spiro atoms. The highest BCUT2D eigenvalue weighted by molar-refractivity contribution is 7.05. The van der Waals surface area contributed by atoms with E-state index in [2.05, 4.69) is 147 Å². The molecule has 6 aromatic rings. The molecule has 6 aromatic carbocycles. The minimum Gasteiger partial charge on any atom is -0.0837 e. The van der Waals surface area contributed by atoms with Crippen LogP contribution in [0.15, 0.2) is 145 Å². The Morgan fingerprint density at radius 1 is 0.442 bits per heavy atom. The fraction of sp³-hybridized carbons (Fsp3) is 0.100. The van der Waals surface area contributed by atoms with Crippen LogP contribution in [0.3, 0.4) is 0 Å². The maximum atomic E-state index is 7.40. The Morgan fingerprint density at radius 2 is 0.814 bits per heavy atom. The van der Waals surface area contributed by atoms with Crippen LogP contribution in [0.25, 0.3) is 31.6 Å². The van der Waals surface area contributed by atoms with Crippen LogP contribution in [0.2, 0.25) is 0 Å². The average molecular weight is 610 g/mol. The summed E-state index contributed by atoms with van der Waals surface area (Å²) in [4.78, 5) is 0. The Kier molecular flexibility index (Phi) is 6.27. The number of halogens is 2. The van der Waals surface area contributed by atoms with Crippen LogP contribution < -0.4 is 10.4 Å². The lowest BCUT2D eigenvalue weighted by Gasteiger charge is -2.46. The lowest BCUT2D eigenvalue weighted by molar-refractivity contribution is 1.00. The predicted molar refractivity (Wildman–Crippen MR) is 188 cm³/mol. The van der Waals surface area contributed by atoms with Gasteiger partial charge in [0, 0.05) is 21.1 Å². The maximum absolute atomic E-state index is 7.40. The van der Waals surface area contributed by atoms with Gasteiger partial charge in [-0.25, -0.2) is 0 Å². The smallest absolute Gasteiger partial charge is 0.0837 e. The fourth-order valence-corrected chi connectivity index (χ4v) is 15.7. The average Bonchev–Trinajstić information content (AvgIpc) is 3.48. The van der Waals surface area contributed by atoms with Gasteiger partial charge in [-0.2, -0.15) is 0 Å². The van der Waals surface area contributed by atoms with Crippen LogP contribution in [0.5, 0.6) is 0 Å². The summed E-state index contributed by atoms with van der Waals surface area (Å²) in [6.45, 7) is 4.55. The zero-order valence-electron chi connectivity index (χ0n) is 24.1. The molecule has 3 heteroatoms. The predicted octanol–water partition coefficient (Wildman–Crippen LogP) is 10.2. The van der Waals surface area contributed by atoms with Crippen LogP contribution in [0.4, 0.5) is 0 Å². The summed E-state index contributed by atoms with van der Waals surface area (Å²) in [5.74, 6) is 0. The Labute approximate surface area is 263 Å². The Bertz CT molecular complexity index is 1970. The first-order valence-electron chi connectivity index (χ1n) is 14.9. The molecule has 0 aromatic heterocycles. The second-order valence-corrected chi connectivity index (χ2v) is 16.8. The number of allylic oxidation sites excluding steroid dienone is 2. The van der Waals surface area contributed by atoms with Crippen LogP contribution in [0.1, 0.15) is 47.2 Å². The number of rotatable bonds is 4. The molecule has 0 saturated heterocycles. The van der Waals surface area contributed by atoms with Crippen molar-refractivity contribution < 1.29 is 0 Å². The van der Waals surface area contributed by atoms with Gasteiger partial charge in [0.2, 0.25) is 0 Å². The largest absolute Gasteiger partial charge is 0.140 e. The molecule has 2 aliphatic rings. The highest BCUT2D eigenvalue weighted by Crippen LogP contribution is 2.58. The SMILES string of the molecule is CC1=C(Cl)c2ccc3ccccc3c2C1[Si](c1ccccc1)(c1ccccc1)C1C(C)=C(Cl)c2ccc3ccccc3c21. The van der Waals surface area contributed by atoms with E-state index in [-0.39, 0.29) is 11.1 Å². The van der Waals surface area contributed by atoms with Crippen molar-refractivity contribution in [2.45, 2.75) is 24.9 Å². The van der Waals surface area contributed by atoms with E-state index >= 15 is 0 Å². The van der Waals surface area contributed by atoms with Gasteiger partial charge in [-0.3, -0.25) is 0 Å². The monoisotopic (exact) mass is 608 g/mol. The van der Waals surface area contributed by atoms with E-state index in [1.807, 2.05) is 0 Å². The number of hydrogen-bond acceptors (Lipinski definition) is 0. The molecule has 208 valence electrons. The van der Waals surface area contributed by atoms with Gasteiger partial charge < -0.3 is 0 Å². The second-order valence-electron chi connectivity index (χ2n) is 12.0. The highest BCUT2D eigenvalue weighted by Gasteiger charge is 2.58. The van der Waals surface area contributed by atoms with E-state index in [0.717, 1.165) is 21.2 Å². The molecular formula is C40H30Cl2Si. The molecule has 0 nitrogen and oxygen atoms in total. The maximum Gasteiger partial charge on any atom is 0.140 e. The number of fused-ring (bicyclic) bond motifs is 6. The second kappa shape index (κ2) is 10.1. The summed E-state index contributed by atoms with van der Waals surface area (Å²) in [6.07, 6.45) is 0. The van der Waals surface area contributed by atoms with Gasteiger partial charge >= 0.3 is 0 Å². The van der Waals surface area contributed by atoms with E-state index in [1.165, 1.54) is 54.2 Å². The van der Waals surface area contributed by atoms with Crippen molar-refractivity contribution in [3.8, 4) is 0 Å². The molecule has 2 aliphatic carbocycles. The van der Waals surface area contributed by atoms with Crippen molar-refractivity contribution >= 4 is 73.3 Å². The van der Waals surface area contributed by atoms with E-state index < -0.39 is 8.07 Å². The molecule has 0 radical (unpaired) electrons.